The second-order valence-electron chi connectivity index (χ2n) is 5.90. The van der Waals surface area contributed by atoms with E-state index in [1.807, 2.05) is 12.1 Å². The van der Waals surface area contributed by atoms with Crippen molar-refractivity contribution in [2.75, 3.05) is 50.9 Å². The number of carbonyl (C=O) groups excluding carboxylic acids is 1. The molecule has 2 N–H and O–H groups in total. The van der Waals surface area contributed by atoms with Crippen molar-refractivity contribution in [2.24, 2.45) is 0 Å². The Balaban J connectivity index is 2.23. The van der Waals surface area contributed by atoms with Crippen LogP contribution in [-0.4, -0.2) is 62.0 Å². The minimum atomic E-state index is 0.0106. The highest BCUT2D eigenvalue weighted by atomic mass is 16.2. The maximum atomic E-state index is 12.1. The van der Waals surface area contributed by atoms with E-state index in [1.165, 1.54) is 0 Å². The number of likely N-dealkylation sites (N-methyl/N-ethyl adjacent to an activating group) is 1. The Morgan fingerprint density at radius 2 is 2.10 bits per heavy atom. The van der Waals surface area contributed by atoms with Crippen LogP contribution < -0.4 is 10.6 Å². The molecular weight excluding hydrogens is 264 g/mol. The quantitative estimate of drug-likeness (QED) is 0.857. The van der Waals surface area contributed by atoms with Gasteiger partial charge in [0.25, 0.3) is 5.91 Å². The third kappa shape index (κ3) is 3.29. The lowest BCUT2D eigenvalue weighted by atomic mass is 10.1. The lowest BCUT2D eigenvalue weighted by Gasteiger charge is -2.41. The topological polar surface area (TPSA) is 52.8 Å². The Morgan fingerprint density at radius 3 is 2.67 bits per heavy atom. The van der Waals surface area contributed by atoms with Gasteiger partial charge in [0, 0.05) is 45.3 Å². The summed E-state index contributed by atoms with van der Waals surface area (Å²) in [6.45, 7) is 8.42. The number of anilines is 2. The lowest BCUT2D eigenvalue weighted by molar-refractivity contribution is 0.0827. The third-order valence-electron chi connectivity index (χ3n) is 4.20. The highest BCUT2D eigenvalue weighted by Crippen LogP contribution is 2.27. The van der Waals surface area contributed by atoms with Crippen molar-refractivity contribution in [2.45, 2.75) is 19.9 Å². The summed E-state index contributed by atoms with van der Waals surface area (Å²) < 4.78 is 0. The van der Waals surface area contributed by atoms with Crippen LogP contribution in [0.15, 0.2) is 18.2 Å². The van der Waals surface area contributed by atoms with E-state index in [9.17, 15) is 4.79 Å². The van der Waals surface area contributed by atoms with Gasteiger partial charge < -0.3 is 15.5 Å². The molecule has 2 rings (SSSR count). The van der Waals surface area contributed by atoms with Crippen LogP contribution in [0.1, 0.15) is 24.2 Å². The summed E-state index contributed by atoms with van der Waals surface area (Å²) in [5.74, 6) is 0.0106. The van der Waals surface area contributed by atoms with Gasteiger partial charge in [0.15, 0.2) is 0 Å². The first-order valence-electron chi connectivity index (χ1n) is 7.54. The van der Waals surface area contributed by atoms with E-state index in [4.69, 9.17) is 5.73 Å². The number of nitrogens with zero attached hydrogens (tertiary/aromatic N) is 3. The van der Waals surface area contributed by atoms with Crippen LogP contribution >= 0.6 is 0 Å². The van der Waals surface area contributed by atoms with Crippen molar-refractivity contribution in [1.29, 1.82) is 0 Å². The molecule has 0 aliphatic carbocycles. The van der Waals surface area contributed by atoms with Gasteiger partial charge in [0.1, 0.15) is 0 Å². The van der Waals surface area contributed by atoms with Crippen LogP contribution in [0.5, 0.6) is 0 Å². The molecule has 116 valence electrons. The standard InChI is InChI=1S/C16H26N4O/c1-5-19-8-9-20(11-12(19)2)15-10-13(6-7-14(15)17)16(21)18(3)4/h6-7,10,12H,5,8-9,11,17H2,1-4H3. The normalized spacial score (nSPS) is 19.6. The number of hydrogen-bond acceptors (Lipinski definition) is 4. The Bertz CT molecular complexity index is 515. The third-order valence-corrected chi connectivity index (χ3v) is 4.20. The summed E-state index contributed by atoms with van der Waals surface area (Å²) in [7, 11) is 3.53. The average molecular weight is 290 g/mol. The first kappa shape index (κ1) is 15.6. The van der Waals surface area contributed by atoms with Gasteiger partial charge in [-0.25, -0.2) is 0 Å². The van der Waals surface area contributed by atoms with Crippen molar-refractivity contribution in [3.8, 4) is 0 Å². The summed E-state index contributed by atoms with van der Waals surface area (Å²) in [4.78, 5) is 18.5. The Morgan fingerprint density at radius 1 is 1.38 bits per heavy atom. The van der Waals surface area contributed by atoms with Crippen molar-refractivity contribution in [3.05, 3.63) is 23.8 Å². The van der Waals surface area contributed by atoms with Crippen LogP contribution in [0.2, 0.25) is 0 Å². The molecule has 0 aromatic heterocycles. The summed E-state index contributed by atoms with van der Waals surface area (Å²) >= 11 is 0. The van der Waals surface area contributed by atoms with Gasteiger partial charge in [-0.1, -0.05) is 6.92 Å². The molecular formula is C16H26N4O. The molecule has 1 saturated heterocycles. The maximum Gasteiger partial charge on any atom is 0.253 e. The molecule has 1 aliphatic heterocycles. The summed E-state index contributed by atoms with van der Waals surface area (Å²) in [5, 5.41) is 0. The van der Waals surface area contributed by atoms with Gasteiger partial charge in [-0.3, -0.25) is 9.69 Å². The predicted molar refractivity (Wildman–Crippen MR) is 87.8 cm³/mol. The Labute approximate surface area is 127 Å². The zero-order chi connectivity index (χ0) is 15.6. The monoisotopic (exact) mass is 290 g/mol. The van der Waals surface area contributed by atoms with E-state index >= 15 is 0 Å². The number of nitrogens with two attached hydrogens (primary N) is 1. The molecule has 1 fully saturated rings. The van der Waals surface area contributed by atoms with E-state index in [2.05, 4.69) is 23.6 Å². The van der Waals surface area contributed by atoms with Crippen LogP contribution in [0, 0.1) is 0 Å². The van der Waals surface area contributed by atoms with Gasteiger partial charge in [-0.05, 0) is 31.7 Å². The van der Waals surface area contributed by atoms with E-state index in [-0.39, 0.29) is 5.91 Å². The smallest absolute Gasteiger partial charge is 0.253 e. The number of amides is 1. The SMILES string of the molecule is CCN1CCN(c2cc(C(=O)N(C)C)ccc2N)CC1C. The minimum absolute atomic E-state index is 0.0106. The average Bonchev–Trinajstić information content (AvgIpc) is 2.46. The van der Waals surface area contributed by atoms with Crippen LogP contribution in [0.4, 0.5) is 11.4 Å². The number of carbonyl (C=O) groups is 1. The fraction of sp³-hybridized carbons (Fsp3) is 0.562. The summed E-state index contributed by atoms with van der Waals surface area (Å²) in [6.07, 6.45) is 0. The number of rotatable bonds is 3. The molecule has 0 spiro atoms. The molecule has 5 heteroatoms. The van der Waals surface area contributed by atoms with Crippen LogP contribution in [0.25, 0.3) is 0 Å². The van der Waals surface area contributed by atoms with Crippen molar-refractivity contribution in [3.63, 3.8) is 0 Å². The number of nitrogen functional groups attached to an aromatic ring is 1. The van der Waals surface area contributed by atoms with E-state index < -0.39 is 0 Å². The van der Waals surface area contributed by atoms with Gasteiger partial charge in [-0.2, -0.15) is 0 Å². The van der Waals surface area contributed by atoms with Crippen LogP contribution in [0.3, 0.4) is 0 Å². The molecule has 21 heavy (non-hydrogen) atoms. The largest absolute Gasteiger partial charge is 0.397 e. The van der Waals surface area contributed by atoms with E-state index in [1.54, 1.807) is 25.1 Å². The molecule has 1 aromatic rings. The second kappa shape index (κ2) is 6.35. The lowest BCUT2D eigenvalue weighted by Crippen LogP contribution is -2.51. The molecule has 0 saturated carbocycles. The van der Waals surface area contributed by atoms with Gasteiger partial charge in [0.2, 0.25) is 0 Å². The first-order valence-corrected chi connectivity index (χ1v) is 7.54. The zero-order valence-electron chi connectivity index (χ0n) is 13.5. The first-order chi connectivity index (χ1) is 9.93. The van der Waals surface area contributed by atoms with Crippen LogP contribution in [-0.2, 0) is 0 Å². The van der Waals surface area contributed by atoms with Gasteiger partial charge >= 0.3 is 0 Å². The summed E-state index contributed by atoms with van der Waals surface area (Å²) in [6, 6.07) is 6.05. The number of benzene rings is 1. The molecule has 0 radical (unpaired) electrons. The Kier molecular flexibility index (Phi) is 4.73. The number of hydrogen-bond donors (Lipinski definition) is 1. The highest BCUT2D eigenvalue weighted by molar-refractivity contribution is 5.96. The highest BCUT2D eigenvalue weighted by Gasteiger charge is 2.24. The van der Waals surface area contributed by atoms with Gasteiger partial charge in [0.05, 0.1) is 11.4 Å². The van der Waals surface area contributed by atoms with E-state index in [0.717, 1.165) is 37.6 Å². The van der Waals surface area contributed by atoms with E-state index in [0.29, 0.717) is 11.6 Å². The molecule has 1 heterocycles. The second-order valence-corrected chi connectivity index (χ2v) is 5.90. The Hall–Kier alpha value is -1.75. The molecule has 1 aliphatic rings. The fourth-order valence-electron chi connectivity index (χ4n) is 2.89. The maximum absolute atomic E-state index is 12.1. The van der Waals surface area contributed by atoms with Crippen molar-refractivity contribution >= 4 is 17.3 Å². The summed E-state index contributed by atoms with van der Waals surface area (Å²) in [5.41, 5.74) is 8.53. The van der Waals surface area contributed by atoms with Crippen molar-refractivity contribution < 1.29 is 4.79 Å². The molecule has 0 bridgehead atoms. The molecule has 1 amide bonds. The molecule has 1 unspecified atom stereocenters. The molecule has 5 nitrogen and oxygen atoms in total. The van der Waals surface area contributed by atoms with Crippen molar-refractivity contribution in [1.82, 2.24) is 9.80 Å². The zero-order valence-corrected chi connectivity index (χ0v) is 13.5. The fourth-order valence-corrected chi connectivity index (χ4v) is 2.89. The number of piperazine rings is 1. The minimum Gasteiger partial charge on any atom is -0.397 e. The molecule has 1 aromatic carbocycles. The predicted octanol–water partition coefficient (Wildman–Crippen LogP) is 1.50. The van der Waals surface area contributed by atoms with Gasteiger partial charge in [-0.15, -0.1) is 0 Å². The molecule has 1 atom stereocenters.